The van der Waals surface area contributed by atoms with Crippen LogP contribution in [0.25, 0.3) is 6.08 Å². The van der Waals surface area contributed by atoms with Crippen LogP contribution in [-0.4, -0.2) is 29.3 Å². The molecule has 5 aliphatic rings. The summed E-state index contributed by atoms with van der Waals surface area (Å²) in [5.74, 6) is 5.70. The van der Waals surface area contributed by atoms with Gasteiger partial charge < -0.3 is 27.0 Å². The third-order valence-electron chi connectivity index (χ3n) is 10.4. The van der Waals surface area contributed by atoms with Crippen molar-refractivity contribution in [1.29, 1.82) is 0 Å². The van der Waals surface area contributed by atoms with Crippen molar-refractivity contribution in [1.82, 2.24) is 5.16 Å². The number of aromatic nitrogens is 1. The van der Waals surface area contributed by atoms with E-state index < -0.39 is 5.60 Å². The fraction of sp³-hybridized carbons (Fsp3) is 0.704. The van der Waals surface area contributed by atoms with E-state index in [0.29, 0.717) is 17.8 Å². The highest BCUT2D eigenvalue weighted by molar-refractivity contribution is 5.75. The molecule has 178 valence electrons. The van der Waals surface area contributed by atoms with Crippen molar-refractivity contribution in [2.75, 3.05) is 6.54 Å². The fourth-order valence-electron chi connectivity index (χ4n) is 8.55. The lowest BCUT2D eigenvalue weighted by molar-refractivity contribution is -0.659. The van der Waals surface area contributed by atoms with Gasteiger partial charge >= 0.3 is 5.97 Å². The van der Waals surface area contributed by atoms with E-state index in [4.69, 9.17) is 15.7 Å². The molecule has 6 heteroatoms. The van der Waals surface area contributed by atoms with E-state index in [-0.39, 0.29) is 35.2 Å². The zero-order valence-electron chi connectivity index (χ0n) is 19.7. The van der Waals surface area contributed by atoms with E-state index in [9.17, 15) is 4.79 Å². The predicted molar refractivity (Wildman–Crippen MR) is 120 cm³/mol. The Morgan fingerprint density at radius 3 is 2.82 bits per heavy atom. The zero-order valence-corrected chi connectivity index (χ0v) is 20.5. The summed E-state index contributed by atoms with van der Waals surface area (Å²) in [6, 6.07) is -0.0690. The number of quaternary nitrogens is 1. The first-order valence-electron chi connectivity index (χ1n) is 12.6. The number of carbonyl (C=O) groups excluding carboxylic acids is 1. The highest BCUT2D eigenvalue weighted by Crippen LogP contribution is 2.68. The van der Waals surface area contributed by atoms with Crippen LogP contribution in [0.2, 0.25) is 0 Å². The standard InChI is InChI=1S/C27H34N2O3.ClH/c1-4-27(31-24(30)22-6-5-13-28-22)12-10-21-19-8-7-18-14-23-17(16-29-32-23)15-25(18,2)20(19)9-11-26(21,27)3;/h1,14,16,19-22,28H,5-13,15H2,2-3H3;1H/t19-,20+,21+,22+,25+,26+,27+;/m1./s1. The Balaban J connectivity index is 0.00000228. The maximum Gasteiger partial charge on any atom is 0.366 e. The smallest absolute Gasteiger partial charge is 0.366 e. The summed E-state index contributed by atoms with van der Waals surface area (Å²) < 4.78 is 11.8. The molecule has 4 aliphatic carbocycles. The molecule has 6 rings (SSSR count). The molecule has 0 radical (unpaired) electrons. The first-order valence-corrected chi connectivity index (χ1v) is 12.6. The Morgan fingerprint density at radius 1 is 1.24 bits per heavy atom. The van der Waals surface area contributed by atoms with Gasteiger partial charge in [-0.25, -0.2) is 4.79 Å². The number of hydrogen-bond donors (Lipinski definition) is 1. The van der Waals surface area contributed by atoms with Gasteiger partial charge in [-0.1, -0.05) is 30.5 Å². The van der Waals surface area contributed by atoms with Crippen LogP contribution in [0.5, 0.6) is 0 Å². The summed E-state index contributed by atoms with van der Waals surface area (Å²) in [6.07, 6.45) is 19.7. The second-order valence-electron chi connectivity index (χ2n) is 11.6. The Labute approximate surface area is 202 Å². The van der Waals surface area contributed by atoms with Crippen LogP contribution in [0.15, 0.2) is 16.3 Å². The molecular weight excluding hydrogens is 436 g/mol. The number of rotatable bonds is 2. The first kappa shape index (κ1) is 23.0. The molecule has 1 aliphatic heterocycles. The number of esters is 1. The van der Waals surface area contributed by atoms with Gasteiger partial charge in [-0.15, -0.1) is 6.42 Å². The van der Waals surface area contributed by atoms with E-state index in [2.05, 4.69) is 36.3 Å². The van der Waals surface area contributed by atoms with Crippen molar-refractivity contribution in [3.63, 3.8) is 0 Å². The topological polar surface area (TPSA) is 68.9 Å². The summed E-state index contributed by atoms with van der Waals surface area (Å²) in [6.45, 7) is 5.81. The summed E-state index contributed by atoms with van der Waals surface area (Å²) >= 11 is 0. The number of nitrogens with zero attached hydrogens (tertiary/aromatic N) is 1. The van der Waals surface area contributed by atoms with E-state index in [1.165, 1.54) is 17.6 Å². The monoisotopic (exact) mass is 470 g/mol. The van der Waals surface area contributed by atoms with Crippen molar-refractivity contribution in [2.24, 2.45) is 28.6 Å². The van der Waals surface area contributed by atoms with Crippen LogP contribution < -0.4 is 17.7 Å². The molecule has 1 aromatic rings. The molecule has 7 atom stereocenters. The van der Waals surface area contributed by atoms with Crippen LogP contribution in [0.1, 0.15) is 76.5 Å². The van der Waals surface area contributed by atoms with Gasteiger partial charge in [0.2, 0.25) is 0 Å². The number of carbonyl (C=O) groups is 1. The minimum Gasteiger partial charge on any atom is -1.00 e. The largest absolute Gasteiger partial charge is 1.00 e. The Hall–Kier alpha value is -1.77. The van der Waals surface area contributed by atoms with Crippen molar-refractivity contribution < 1.29 is 31.8 Å². The zero-order chi connectivity index (χ0) is 22.1. The second kappa shape index (κ2) is 7.89. The lowest BCUT2D eigenvalue weighted by Crippen LogP contribution is -3.00. The number of halogens is 1. The van der Waals surface area contributed by atoms with Gasteiger partial charge in [-0.05, 0) is 74.2 Å². The molecule has 0 aromatic carbocycles. The second-order valence-corrected chi connectivity index (χ2v) is 11.6. The van der Waals surface area contributed by atoms with Gasteiger partial charge in [0.25, 0.3) is 0 Å². The SMILES string of the molecule is C#C[C@]1(OC(=O)[C@@H]2CCC[NH2+]2)CC[C@H]2[C@@H]3CCC4=Cc5oncc5C[C@]4(C)[C@H]3CC[C@@]21C.[Cl-]. The minimum absolute atomic E-state index is 0. The van der Waals surface area contributed by atoms with Gasteiger partial charge in [0, 0.05) is 23.8 Å². The van der Waals surface area contributed by atoms with Crippen LogP contribution in [0.4, 0.5) is 0 Å². The molecule has 4 fully saturated rings. The van der Waals surface area contributed by atoms with Gasteiger partial charge in [0.15, 0.2) is 17.4 Å². The predicted octanol–water partition coefficient (Wildman–Crippen LogP) is 0.502. The quantitative estimate of drug-likeness (QED) is 0.505. The number of hydrogen-bond acceptors (Lipinski definition) is 4. The third-order valence-corrected chi connectivity index (χ3v) is 10.4. The van der Waals surface area contributed by atoms with Crippen molar-refractivity contribution in [3.05, 3.63) is 23.1 Å². The average Bonchev–Trinajstić information content (AvgIpc) is 3.51. The lowest BCUT2D eigenvalue weighted by Gasteiger charge is -2.58. The molecule has 0 amide bonds. The summed E-state index contributed by atoms with van der Waals surface area (Å²) in [5.41, 5.74) is 2.07. The van der Waals surface area contributed by atoms with Gasteiger partial charge in [0.1, 0.15) is 0 Å². The molecule has 1 aromatic heterocycles. The number of nitrogens with two attached hydrogens (primary N) is 1. The lowest BCUT2D eigenvalue weighted by atomic mass is 9.46. The summed E-state index contributed by atoms with van der Waals surface area (Å²) in [4.78, 5) is 13.0. The molecule has 0 bridgehead atoms. The Kier molecular flexibility index (Phi) is 5.49. The minimum atomic E-state index is -0.749. The molecule has 0 unspecified atom stereocenters. The van der Waals surface area contributed by atoms with Crippen LogP contribution >= 0.6 is 0 Å². The Morgan fingerprint density at radius 2 is 2.06 bits per heavy atom. The maximum absolute atomic E-state index is 13.0. The molecule has 2 N–H and O–H groups in total. The van der Waals surface area contributed by atoms with Crippen molar-refractivity contribution in [3.8, 4) is 12.3 Å². The summed E-state index contributed by atoms with van der Waals surface area (Å²) in [7, 11) is 0. The molecule has 1 saturated heterocycles. The normalized spacial score (nSPS) is 43.1. The summed E-state index contributed by atoms with van der Waals surface area (Å²) in [5, 5.41) is 6.18. The van der Waals surface area contributed by atoms with Crippen molar-refractivity contribution in [2.45, 2.75) is 83.3 Å². The fourth-order valence-corrected chi connectivity index (χ4v) is 8.55. The van der Waals surface area contributed by atoms with Crippen LogP contribution in [0.3, 0.4) is 0 Å². The first-order chi connectivity index (χ1) is 15.4. The maximum atomic E-state index is 13.0. The number of fused-ring (bicyclic) bond motifs is 6. The molecule has 5 nitrogen and oxygen atoms in total. The third kappa shape index (κ3) is 3.09. The van der Waals surface area contributed by atoms with Crippen molar-refractivity contribution >= 4 is 12.0 Å². The van der Waals surface area contributed by atoms with Crippen LogP contribution in [0, 0.1) is 40.9 Å². The van der Waals surface area contributed by atoms with E-state index >= 15 is 0 Å². The van der Waals surface area contributed by atoms with E-state index in [0.717, 1.165) is 63.7 Å². The number of terminal acetylenes is 1. The van der Waals surface area contributed by atoms with Crippen LogP contribution in [-0.2, 0) is 16.0 Å². The average molecular weight is 471 g/mol. The highest BCUT2D eigenvalue weighted by atomic mass is 35.5. The molecule has 3 saturated carbocycles. The number of ether oxygens (including phenoxy) is 1. The Bertz CT molecular complexity index is 1020. The van der Waals surface area contributed by atoms with E-state index in [1.54, 1.807) is 0 Å². The highest BCUT2D eigenvalue weighted by Gasteiger charge is 2.66. The molecule has 33 heavy (non-hydrogen) atoms. The van der Waals surface area contributed by atoms with Gasteiger partial charge in [-0.2, -0.15) is 0 Å². The number of allylic oxidation sites excluding steroid dienone is 1. The molecule has 2 heterocycles. The van der Waals surface area contributed by atoms with E-state index in [1.807, 2.05) is 6.20 Å². The van der Waals surface area contributed by atoms with Gasteiger partial charge in [0.05, 0.1) is 12.7 Å². The molecule has 0 spiro atoms. The molecular formula is C27H35ClN2O3. The van der Waals surface area contributed by atoms with Gasteiger partial charge in [-0.3, -0.25) is 0 Å².